The summed E-state index contributed by atoms with van der Waals surface area (Å²) in [7, 11) is 1.66. The largest absolute Gasteiger partial charge is 0.417 e. The number of hydrogen-bond donors (Lipinski definition) is 2. The van der Waals surface area contributed by atoms with Gasteiger partial charge in [0.2, 0.25) is 5.91 Å². The molecule has 0 saturated heterocycles. The molecule has 2 aromatic heterocycles. The number of H-pyrrole nitrogens is 1. The molecule has 30 heavy (non-hydrogen) atoms. The fraction of sp³-hybridized carbons (Fsp3) is 0.190. The Morgan fingerprint density at radius 1 is 1.30 bits per heavy atom. The van der Waals surface area contributed by atoms with Crippen molar-refractivity contribution in [2.45, 2.75) is 13.0 Å². The number of nitrogens with zero attached hydrogens (tertiary/aromatic N) is 2. The van der Waals surface area contributed by atoms with Gasteiger partial charge < -0.3 is 19.5 Å². The molecule has 4 rings (SSSR count). The molecule has 0 spiro atoms. The minimum absolute atomic E-state index is 0.00817. The molecular formula is C21H20N4O4S. The molecule has 3 N–H and O–H groups in total. The third-order valence-electron chi connectivity index (χ3n) is 4.68. The molecular weight excluding hydrogens is 404 g/mol. The van der Waals surface area contributed by atoms with Crippen LogP contribution in [0.15, 0.2) is 62.0 Å². The zero-order valence-corrected chi connectivity index (χ0v) is 17.2. The number of nitrogens with two attached hydrogens (primary N) is 1. The molecule has 2 heterocycles. The number of fused-ring (bicyclic) bond motifs is 1. The highest BCUT2D eigenvalue weighted by molar-refractivity contribution is 7.07. The molecule has 0 bridgehead atoms. The molecule has 1 amide bonds. The Balaban J connectivity index is 1.84. The van der Waals surface area contributed by atoms with Crippen molar-refractivity contribution in [2.24, 2.45) is 10.7 Å². The van der Waals surface area contributed by atoms with Gasteiger partial charge in [-0.25, -0.2) is 9.79 Å². The topological polar surface area (TPSA) is 116 Å². The van der Waals surface area contributed by atoms with Gasteiger partial charge in [0.1, 0.15) is 0 Å². The number of carbonyl (C=O) groups is 1. The first-order valence-electron chi connectivity index (χ1n) is 9.23. The summed E-state index contributed by atoms with van der Waals surface area (Å²) >= 11 is 1.49. The zero-order chi connectivity index (χ0) is 21.3. The van der Waals surface area contributed by atoms with Crippen LogP contribution in [-0.4, -0.2) is 29.2 Å². The molecule has 0 fully saturated rings. The lowest BCUT2D eigenvalue weighted by Gasteiger charge is -2.16. The molecule has 1 atom stereocenters. The van der Waals surface area contributed by atoms with E-state index in [1.165, 1.54) is 11.3 Å². The number of methoxy groups -OCH3 is 1. The van der Waals surface area contributed by atoms with Gasteiger partial charge in [-0.3, -0.25) is 9.78 Å². The van der Waals surface area contributed by atoms with Crippen LogP contribution in [0.2, 0.25) is 0 Å². The van der Waals surface area contributed by atoms with Crippen LogP contribution in [0, 0.1) is 0 Å². The maximum absolute atomic E-state index is 11.5. The van der Waals surface area contributed by atoms with E-state index in [0.717, 1.165) is 16.1 Å². The first-order valence-corrected chi connectivity index (χ1v) is 10.1. The number of aromatic nitrogens is 2. The van der Waals surface area contributed by atoms with Crippen LogP contribution < -0.4 is 16.3 Å². The normalized spacial score (nSPS) is 13.1. The van der Waals surface area contributed by atoms with Crippen LogP contribution >= 0.6 is 11.3 Å². The minimum Gasteiger partial charge on any atom is -0.408 e. The average Bonchev–Trinajstić information content (AvgIpc) is 3.30. The summed E-state index contributed by atoms with van der Waals surface area (Å²) in [6.45, 7) is 2.54. The van der Waals surface area contributed by atoms with E-state index in [1.807, 2.05) is 30.5 Å². The standard InChI is InChI=1S/C21H20N4O4S/c1-12(10-28-2)25-17(14-5-8-16-18(9-14)29-21(27)24-16)11-30-20(25)23-15-6-3-13(4-7-15)19(22)26/h3-9,11-12H,10H2,1-2H3,(H2,22,26)(H,24,27)/t12-/m1/s1. The number of amides is 1. The van der Waals surface area contributed by atoms with Crippen LogP contribution in [-0.2, 0) is 4.74 Å². The maximum Gasteiger partial charge on any atom is 0.417 e. The second-order valence-electron chi connectivity index (χ2n) is 6.83. The van der Waals surface area contributed by atoms with Gasteiger partial charge in [0.15, 0.2) is 10.4 Å². The summed E-state index contributed by atoms with van der Waals surface area (Å²) in [4.78, 5) is 30.9. The molecule has 0 unspecified atom stereocenters. The van der Waals surface area contributed by atoms with Crippen LogP contribution in [0.4, 0.5) is 5.69 Å². The number of ether oxygens (including phenoxy) is 1. The first-order chi connectivity index (χ1) is 14.5. The summed E-state index contributed by atoms with van der Waals surface area (Å²) < 4.78 is 12.7. The van der Waals surface area contributed by atoms with Crippen molar-refractivity contribution in [3.8, 4) is 11.3 Å². The Kier molecular flexibility index (Phi) is 5.39. The third kappa shape index (κ3) is 3.85. The molecule has 0 aliphatic rings. The molecule has 8 nitrogen and oxygen atoms in total. The summed E-state index contributed by atoms with van der Waals surface area (Å²) in [6.07, 6.45) is 0. The minimum atomic E-state index is -0.483. The fourth-order valence-electron chi connectivity index (χ4n) is 3.27. The molecule has 154 valence electrons. The quantitative estimate of drug-likeness (QED) is 0.494. The van der Waals surface area contributed by atoms with Crippen molar-refractivity contribution in [1.82, 2.24) is 9.55 Å². The van der Waals surface area contributed by atoms with Gasteiger partial charge in [0.25, 0.3) is 0 Å². The monoisotopic (exact) mass is 424 g/mol. The Morgan fingerprint density at radius 2 is 2.07 bits per heavy atom. The van der Waals surface area contributed by atoms with Crippen LogP contribution in [0.5, 0.6) is 0 Å². The van der Waals surface area contributed by atoms with Crippen LogP contribution in [0.3, 0.4) is 0 Å². The smallest absolute Gasteiger partial charge is 0.408 e. The van der Waals surface area contributed by atoms with E-state index < -0.39 is 11.7 Å². The van der Waals surface area contributed by atoms with E-state index in [9.17, 15) is 9.59 Å². The van der Waals surface area contributed by atoms with Crippen LogP contribution in [0.1, 0.15) is 23.3 Å². The highest BCUT2D eigenvalue weighted by Gasteiger charge is 2.15. The van der Waals surface area contributed by atoms with Crippen molar-refractivity contribution >= 4 is 34.0 Å². The zero-order valence-electron chi connectivity index (χ0n) is 16.4. The highest BCUT2D eigenvalue weighted by Crippen LogP contribution is 2.27. The van der Waals surface area contributed by atoms with E-state index in [2.05, 4.69) is 9.55 Å². The van der Waals surface area contributed by atoms with E-state index in [4.69, 9.17) is 19.9 Å². The van der Waals surface area contributed by atoms with Gasteiger partial charge in [-0.05, 0) is 43.3 Å². The molecule has 0 saturated carbocycles. The van der Waals surface area contributed by atoms with Gasteiger partial charge in [-0.15, -0.1) is 11.3 Å². The van der Waals surface area contributed by atoms with Crippen LogP contribution in [0.25, 0.3) is 22.4 Å². The molecule has 0 aliphatic heterocycles. The van der Waals surface area contributed by atoms with Gasteiger partial charge in [0.05, 0.1) is 29.5 Å². The Bertz CT molecular complexity index is 1330. The van der Waals surface area contributed by atoms with Crippen molar-refractivity contribution in [3.63, 3.8) is 0 Å². The van der Waals surface area contributed by atoms with Gasteiger partial charge >= 0.3 is 5.76 Å². The van der Waals surface area contributed by atoms with Gasteiger partial charge in [-0.2, -0.15) is 0 Å². The molecule has 9 heteroatoms. The molecule has 0 aliphatic carbocycles. The number of carbonyl (C=O) groups excluding carboxylic acids is 1. The average molecular weight is 424 g/mol. The third-order valence-corrected chi connectivity index (χ3v) is 5.52. The molecule has 0 radical (unpaired) electrons. The highest BCUT2D eigenvalue weighted by atomic mass is 32.1. The Labute approximate surface area is 175 Å². The second kappa shape index (κ2) is 8.13. The van der Waals surface area contributed by atoms with E-state index in [1.54, 1.807) is 31.4 Å². The maximum atomic E-state index is 11.5. The molecule has 4 aromatic rings. The molecule has 2 aromatic carbocycles. The fourth-order valence-corrected chi connectivity index (χ4v) is 4.29. The number of oxazole rings is 1. The number of thiazole rings is 1. The van der Waals surface area contributed by atoms with Crippen molar-refractivity contribution < 1.29 is 13.9 Å². The number of rotatable bonds is 6. The number of aromatic amines is 1. The lowest BCUT2D eigenvalue weighted by molar-refractivity contribution is 0.100. The second-order valence-corrected chi connectivity index (χ2v) is 7.66. The summed E-state index contributed by atoms with van der Waals surface area (Å²) in [5, 5.41) is 2.01. The Hall–Kier alpha value is -3.43. The van der Waals surface area contributed by atoms with E-state index >= 15 is 0 Å². The summed E-state index contributed by atoms with van der Waals surface area (Å²) in [5.41, 5.74) is 9.42. The first kappa shape index (κ1) is 19.9. The predicted molar refractivity (Wildman–Crippen MR) is 115 cm³/mol. The Morgan fingerprint density at radius 3 is 2.77 bits per heavy atom. The predicted octanol–water partition coefficient (Wildman–Crippen LogP) is 3.19. The van der Waals surface area contributed by atoms with Crippen molar-refractivity contribution in [3.05, 3.63) is 68.8 Å². The SMILES string of the molecule is COC[C@@H](C)n1c(-c2ccc3[nH]c(=O)oc3c2)csc1=Nc1ccc(C(N)=O)cc1. The lowest BCUT2D eigenvalue weighted by Crippen LogP contribution is -2.23. The summed E-state index contributed by atoms with van der Waals surface area (Å²) in [5.74, 6) is -0.960. The van der Waals surface area contributed by atoms with Crippen molar-refractivity contribution in [2.75, 3.05) is 13.7 Å². The lowest BCUT2D eigenvalue weighted by atomic mass is 10.1. The number of nitrogens with one attached hydrogen (secondary N) is 1. The summed E-state index contributed by atoms with van der Waals surface area (Å²) in [6, 6.07) is 12.4. The van der Waals surface area contributed by atoms with E-state index in [0.29, 0.717) is 29.0 Å². The van der Waals surface area contributed by atoms with E-state index in [-0.39, 0.29) is 6.04 Å². The van der Waals surface area contributed by atoms with Gasteiger partial charge in [0, 0.05) is 23.6 Å². The van der Waals surface area contributed by atoms with Crippen molar-refractivity contribution in [1.29, 1.82) is 0 Å². The number of primary amides is 1. The van der Waals surface area contributed by atoms with Gasteiger partial charge in [-0.1, -0.05) is 6.07 Å². The number of hydrogen-bond acceptors (Lipinski definition) is 6. The number of benzene rings is 2.